The van der Waals surface area contributed by atoms with Crippen LogP contribution in [0.2, 0.25) is 10.0 Å². The number of amides is 2. The standard InChI is InChI=1S/C29H28Cl2FN3O4/c1-3-5-20-14-19(15-26(38-4-2)29(20)39-18-21-6-7-22(30)16-25(21)31)17-33-35-28(37)13-12-27(36)34-24-10-8-23(32)9-11-24/h3,6-11,14-17H,1,4-5,12-13,18H2,2H3,(H,34,36)(H,35,37). The summed E-state index contributed by atoms with van der Waals surface area (Å²) in [5.41, 5.74) is 5.11. The lowest BCUT2D eigenvalue weighted by Crippen LogP contribution is -2.20. The topological polar surface area (TPSA) is 89.0 Å². The number of benzene rings is 3. The first-order valence-electron chi connectivity index (χ1n) is 12.1. The molecule has 0 bridgehead atoms. The summed E-state index contributed by atoms with van der Waals surface area (Å²) in [6.07, 6.45) is 3.59. The van der Waals surface area contributed by atoms with Crippen LogP contribution in [0.15, 0.2) is 72.4 Å². The first kappa shape index (κ1) is 29.7. The predicted molar refractivity (Wildman–Crippen MR) is 152 cm³/mol. The van der Waals surface area contributed by atoms with Gasteiger partial charge in [-0.25, -0.2) is 9.82 Å². The Labute approximate surface area is 236 Å². The highest BCUT2D eigenvalue weighted by Crippen LogP contribution is 2.35. The Balaban J connectivity index is 1.63. The zero-order valence-electron chi connectivity index (χ0n) is 21.3. The molecule has 0 saturated heterocycles. The van der Waals surface area contributed by atoms with Crippen molar-refractivity contribution in [3.63, 3.8) is 0 Å². The summed E-state index contributed by atoms with van der Waals surface area (Å²) in [7, 11) is 0. The van der Waals surface area contributed by atoms with E-state index in [1.165, 1.54) is 30.5 Å². The van der Waals surface area contributed by atoms with Gasteiger partial charge in [0.2, 0.25) is 11.8 Å². The van der Waals surface area contributed by atoms with E-state index in [4.69, 9.17) is 32.7 Å². The van der Waals surface area contributed by atoms with E-state index in [0.717, 1.165) is 11.1 Å². The van der Waals surface area contributed by atoms with Crippen molar-refractivity contribution in [2.24, 2.45) is 5.10 Å². The van der Waals surface area contributed by atoms with E-state index in [9.17, 15) is 14.0 Å². The fraction of sp³-hybridized carbons (Fsp3) is 0.207. The smallest absolute Gasteiger partial charge is 0.240 e. The number of allylic oxidation sites excluding steroid dienone is 1. The van der Waals surface area contributed by atoms with Gasteiger partial charge in [0.1, 0.15) is 12.4 Å². The molecule has 39 heavy (non-hydrogen) atoms. The highest BCUT2D eigenvalue weighted by atomic mass is 35.5. The number of hydrogen-bond acceptors (Lipinski definition) is 5. The van der Waals surface area contributed by atoms with Gasteiger partial charge < -0.3 is 14.8 Å². The molecule has 0 aliphatic heterocycles. The molecule has 0 radical (unpaired) electrons. The van der Waals surface area contributed by atoms with Crippen LogP contribution in [-0.4, -0.2) is 24.6 Å². The maximum absolute atomic E-state index is 13.0. The van der Waals surface area contributed by atoms with Gasteiger partial charge in [-0.05, 0) is 67.4 Å². The van der Waals surface area contributed by atoms with E-state index < -0.39 is 11.7 Å². The molecule has 0 aliphatic rings. The van der Waals surface area contributed by atoms with Crippen LogP contribution in [0.3, 0.4) is 0 Å². The van der Waals surface area contributed by atoms with Crippen molar-refractivity contribution in [1.29, 1.82) is 0 Å². The maximum Gasteiger partial charge on any atom is 0.240 e. The van der Waals surface area contributed by atoms with Gasteiger partial charge >= 0.3 is 0 Å². The summed E-state index contributed by atoms with van der Waals surface area (Å²) in [5, 5.41) is 7.65. The highest BCUT2D eigenvalue weighted by Gasteiger charge is 2.14. The quantitative estimate of drug-likeness (QED) is 0.135. The molecule has 204 valence electrons. The van der Waals surface area contributed by atoms with Crippen LogP contribution < -0.4 is 20.2 Å². The second-order valence-electron chi connectivity index (χ2n) is 8.31. The lowest BCUT2D eigenvalue weighted by molar-refractivity contribution is -0.124. The fourth-order valence-electron chi connectivity index (χ4n) is 3.50. The van der Waals surface area contributed by atoms with Gasteiger partial charge in [0.15, 0.2) is 11.5 Å². The number of hydrogen-bond donors (Lipinski definition) is 2. The van der Waals surface area contributed by atoms with Gasteiger partial charge in [-0.15, -0.1) is 6.58 Å². The van der Waals surface area contributed by atoms with E-state index >= 15 is 0 Å². The largest absolute Gasteiger partial charge is 0.490 e. The van der Waals surface area contributed by atoms with Gasteiger partial charge in [0.25, 0.3) is 0 Å². The summed E-state index contributed by atoms with van der Waals surface area (Å²) >= 11 is 12.3. The highest BCUT2D eigenvalue weighted by molar-refractivity contribution is 6.35. The van der Waals surface area contributed by atoms with Crippen LogP contribution >= 0.6 is 23.2 Å². The van der Waals surface area contributed by atoms with Gasteiger partial charge in [-0.1, -0.05) is 35.3 Å². The molecular formula is C29H28Cl2FN3O4. The number of ether oxygens (including phenoxy) is 2. The number of carbonyl (C=O) groups is 2. The van der Waals surface area contributed by atoms with Crippen LogP contribution in [0.4, 0.5) is 10.1 Å². The first-order chi connectivity index (χ1) is 18.8. The minimum atomic E-state index is -0.434. The number of hydrazone groups is 1. The number of nitrogens with one attached hydrogen (secondary N) is 2. The monoisotopic (exact) mass is 571 g/mol. The molecule has 0 aromatic heterocycles. The van der Waals surface area contributed by atoms with Crippen molar-refractivity contribution in [2.45, 2.75) is 32.8 Å². The molecule has 0 saturated carbocycles. The van der Waals surface area contributed by atoms with E-state index in [2.05, 4.69) is 22.4 Å². The predicted octanol–water partition coefficient (Wildman–Crippen LogP) is 6.71. The molecule has 3 aromatic carbocycles. The van der Waals surface area contributed by atoms with E-state index in [1.54, 1.807) is 30.3 Å². The average Bonchev–Trinajstić information content (AvgIpc) is 2.90. The molecule has 3 rings (SSSR count). The molecule has 3 aromatic rings. The third-order valence-electron chi connectivity index (χ3n) is 5.32. The summed E-state index contributed by atoms with van der Waals surface area (Å²) < 4.78 is 24.9. The summed E-state index contributed by atoms with van der Waals surface area (Å²) in [5.74, 6) is -0.146. The normalized spacial score (nSPS) is 10.8. The molecule has 10 heteroatoms. The van der Waals surface area contributed by atoms with Gasteiger partial charge in [0, 0.05) is 39.7 Å². The molecule has 0 spiro atoms. The minimum Gasteiger partial charge on any atom is -0.490 e. The number of rotatable bonds is 13. The second-order valence-corrected chi connectivity index (χ2v) is 9.15. The Morgan fingerprint density at radius 3 is 2.44 bits per heavy atom. The fourth-order valence-corrected chi connectivity index (χ4v) is 3.96. The van der Waals surface area contributed by atoms with E-state index in [1.807, 2.05) is 13.0 Å². The van der Waals surface area contributed by atoms with Gasteiger partial charge in [0.05, 0.1) is 12.8 Å². The first-order valence-corrected chi connectivity index (χ1v) is 12.9. The molecule has 2 N–H and O–H groups in total. The van der Waals surface area contributed by atoms with Crippen molar-refractivity contribution in [3.05, 3.63) is 99.8 Å². The molecular weight excluding hydrogens is 544 g/mol. The molecule has 0 fully saturated rings. The van der Waals surface area contributed by atoms with Crippen LogP contribution in [-0.2, 0) is 22.6 Å². The molecule has 0 aliphatic carbocycles. The average molecular weight is 572 g/mol. The Morgan fingerprint density at radius 1 is 1.00 bits per heavy atom. The van der Waals surface area contributed by atoms with Crippen molar-refractivity contribution >= 4 is 46.9 Å². The van der Waals surface area contributed by atoms with Crippen LogP contribution in [0, 0.1) is 5.82 Å². The van der Waals surface area contributed by atoms with E-state index in [0.29, 0.717) is 45.8 Å². The Hall–Kier alpha value is -3.88. The second kappa shape index (κ2) is 14.9. The number of anilines is 1. The molecule has 7 nitrogen and oxygen atoms in total. The zero-order valence-corrected chi connectivity index (χ0v) is 22.8. The van der Waals surface area contributed by atoms with Crippen molar-refractivity contribution in [3.8, 4) is 11.5 Å². The van der Waals surface area contributed by atoms with Crippen molar-refractivity contribution < 1.29 is 23.5 Å². The summed E-state index contributed by atoms with van der Waals surface area (Å²) in [6.45, 7) is 6.30. The van der Waals surface area contributed by atoms with Crippen LogP contribution in [0.25, 0.3) is 0 Å². The third-order valence-corrected chi connectivity index (χ3v) is 5.90. The van der Waals surface area contributed by atoms with Crippen LogP contribution in [0.5, 0.6) is 11.5 Å². The van der Waals surface area contributed by atoms with Crippen LogP contribution in [0.1, 0.15) is 36.5 Å². The molecule has 2 amide bonds. The SMILES string of the molecule is C=CCc1cc(C=NNC(=O)CCC(=O)Nc2ccc(F)cc2)cc(OCC)c1OCc1ccc(Cl)cc1Cl. The van der Waals surface area contributed by atoms with Gasteiger partial charge in [-0.3, -0.25) is 9.59 Å². The Kier molecular flexibility index (Phi) is 11.3. The third kappa shape index (κ3) is 9.42. The minimum absolute atomic E-state index is 0.0552. The molecule has 0 atom stereocenters. The lowest BCUT2D eigenvalue weighted by atomic mass is 10.1. The van der Waals surface area contributed by atoms with Crippen molar-refractivity contribution in [2.75, 3.05) is 11.9 Å². The molecule has 0 heterocycles. The summed E-state index contributed by atoms with van der Waals surface area (Å²) in [4.78, 5) is 24.2. The lowest BCUT2D eigenvalue weighted by Gasteiger charge is -2.17. The molecule has 0 unspecified atom stereocenters. The maximum atomic E-state index is 13.0. The Bertz CT molecular complexity index is 1350. The Morgan fingerprint density at radius 2 is 1.74 bits per heavy atom. The number of nitrogens with zero attached hydrogens (tertiary/aromatic N) is 1. The number of halogens is 3. The van der Waals surface area contributed by atoms with E-state index in [-0.39, 0.29) is 25.4 Å². The van der Waals surface area contributed by atoms with Crippen molar-refractivity contribution in [1.82, 2.24) is 5.43 Å². The summed E-state index contributed by atoms with van der Waals surface area (Å²) in [6, 6.07) is 14.2. The zero-order chi connectivity index (χ0) is 28.2. The van der Waals surface area contributed by atoms with Gasteiger partial charge in [-0.2, -0.15) is 5.10 Å². The number of carbonyl (C=O) groups excluding carboxylic acids is 2.